The number of nitrogens with zero attached hydrogens (tertiary/aromatic N) is 1. The molecule has 1 N–H and O–H groups in total. The van der Waals surface area contributed by atoms with Gasteiger partial charge >= 0.3 is 0 Å². The van der Waals surface area contributed by atoms with Crippen molar-refractivity contribution in [2.24, 2.45) is 0 Å². The van der Waals surface area contributed by atoms with Crippen molar-refractivity contribution in [1.82, 2.24) is 9.88 Å². The molecular formula is C26H23FN2O4S. The third-order valence-electron chi connectivity index (χ3n) is 5.58. The summed E-state index contributed by atoms with van der Waals surface area (Å²) in [5.74, 6) is -0.850. The van der Waals surface area contributed by atoms with Gasteiger partial charge in [0.2, 0.25) is 15.7 Å². The molecule has 0 radical (unpaired) electrons. The lowest BCUT2D eigenvalue weighted by Crippen LogP contribution is -2.34. The Labute approximate surface area is 196 Å². The maximum Gasteiger partial charge on any atom is 0.270 e. The van der Waals surface area contributed by atoms with Crippen molar-refractivity contribution in [2.45, 2.75) is 36.2 Å². The van der Waals surface area contributed by atoms with E-state index >= 15 is 0 Å². The Morgan fingerprint density at radius 2 is 1.62 bits per heavy atom. The van der Waals surface area contributed by atoms with Crippen molar-refractivity contribution in [3.8, 4) is 0 Å². The number of carbonyl (C=O) groups is 1. The van der Waals surface area contributed by atoms with E-state index in [1.54, 1.807) is 36.4 Å². The molecule has 1 heterocycles. The van der Waals surface area contributed by atoms with E-state index in [1.165, 1.54) is 34.9 Å². The van der Waals surface area contributed by atoms with E-state index in [4.69, 9.17) is 0 Å². The molecule has 0 saturated carbocycles. The molecule has 0 unspecified atom stereocenters. The van der Waals surface area contributed by atoms with Gasteiger partial charge in [0.25, 0.3) is 5.56 Å². The second-order valence-corrected chi connectivity index (χ2v) is 9.78. The number of amides is 1. The minimum Gasteiger partial charge on any atom is -0.350 e. The van der Waals surface area contributed by atoms with Gasteiger partial charge in [0.15, 0.2) is 0 Å². The van der Waals surface area contributed by atoms with E-state index in [9.17, 15) is 22.4 Å². The molecule has 0 aliphatic carbocycles. The molecule has 6 nitrogen and oxygen atoms in total. The topological polar surface area (TPSA) is 85.2 Å². The Kier molecular flexibility index (Phi) is 6.61. The molecule has 1 amide bonds. The number of aryl methyl sites for hydroxylation is 1. The molecule has 174 valence electrons. The maximum absolute atomic E-state index is 13.4. The van der Waals surface area contributed by atoms with Crippen LogP contribution in [0.2, 0.25) is 0 Å². The van der Waals surface area contributed by atoms with Gasteiger partial charge in [-0.25, -0.2) is 12.8 Å². The first-order valence-corrected chi connectivity index (χ1v) is 12.3. The Morgan fingerprint density at radius 1 is 0.941 bits per heavy atom. The number of carbonyl (C=O) groups excluding carboxylic acids is 1. The highest BCUT2D eigenvalue weighted by atomic mass is 32.2. The number of sulfone groups is 1. The van der Waals surface area contributed by atoms with Gasteiger partial charge in [-0.1, -0.05) is 43.3 Å². The van der Waals surface area contributed by atoms with Gasteiger partial charge < -0.3 is 5.32 Å². The maximum atomic E-state index is 13.4. The average Bonchev–Trinajstić information content (AvgIpc) is 2.85. The predicted octanol–water partition coefficient (Wildman–Crippen LogP) is 3.85. The fourth-order valence-electron chi connectivity index (χ4n) is 3.71. The van der Waals surface area contributed by atoms with Crippen LogP contribution in [0, 0.1) is 5.82 Å². The van der Waals surface area contributed by atoms with Crippen LogP contribution in [-0.4, -0.2) is 18.9 Å². The van der Waals surface area contributed by atoms with Gasteiger partial charge in [0, 0.05) is 11.9 Å². The lowest BCUT2D eigenvalue weighted by atomic mass is 10.1. The first-order chi connectivity index (χ1) is 16.3. The second-order valence-electron chi connectivity index (χ2n) is 7.87. The molecule has 3 aromatic carbocycles. The highest BCUT2D eigenvalue weighted by Gasteiger charge is 2.24. The highest BCUT2D eigenvalue weighted by Crippen LogP contribution is 2.23. The molecule has 0 saturated heterocycles. The van der Waals surface area contributed by atoms with Crippen molar-refractivity contribution in [3.05, 3.63) is 106 Å². The van der Waals surface area contributed by atoms with Crippen LogP contribution in [0.25, 0.3) is 10.9 Å². The number of halogens is 1. The van der Waals surface area contributed by atoms with Crippen LogP contribution in [-0.2, 0) is 34.1 Å². The molecule has 0 bridgehead atoms. The van der Waals surface area contributed by atoms with E-state index in [2.05, 4.69) is 5.32 Å². The zero-order valence-electron chi connectivity index (χ0n) is 18.5. The molecule has 0 aliphatic rings. The Bertz CT molecular complexity index is 1510. The lowest BCUT2D eigenvalue weighted by molar-refractivity contribution is -0.121. The second kappa shape index (κ2) is 9.61. The summed E-state index contributed by atoms with van der Waals surface area (Å²) in [6.07, 6.45) is 0.730. The number of aromatic nitrogens is 1. The third kappa shape index (κ3) is 4.77. The zero-order chi connectivity index (χ0) is 24.3. The molecule has 1 aromatic heterocycles. The standard InChI is InChI=1S/C26H23FN2O4S/c1-2-18-10-13-23-20(14-18)15-24(34(32,33)22-6-4-3-5-7-22)26(31)29(23)17-25(30)28-16-19-8-11-21(27)12-9-19/h3-15H,2,16-17H2,1H3,(H,28,30). The SMILES string of the molecule is CCc1ccc2c(c1)cc(S(=O)(=O)c1ccccc1)c(=O)n2CC(=O)NCc1ccc(F)cc1. The van der Waals surface area contributed by atoms with E-state index in [0.717, 1.165) is 12.0 Å². The van der Waals surface area contributed by atoms with Crippen LogP contribution >= 0.6 is 0 Å². The normalized spacial score (nSPS) is 11.5. The molecular weight excluding hydrogens is 455 g/mol. The largest absolute Gasteiger partial charge is 0.350 e. The summed E-state index contributed by atoms with van der Waals surface area (Å²) < 4.78 is 40.9. The number of hydrogen-bond donors (Lipinski definition) is 1. The summed E-state index contributed by atoms with van der Waals surface area (Å²) in [6, 6.07) is 20.2. The van der Waals surface area contributed by atoms with Gasteiger partial charge in [-0.05, 0) is 60.0 Å². The molecule has 0 aliphatic heterocycles. The summed E-state index contributed by atoms with van der Waals surface area (Å²) in [4.78, 5) is 25.7. The zero-order valence-corrected chi connectivity index (χ0v) is 19.3. The Balaban J connectivity index is 1.75. The van der Waals surface area contributed by atoms with Crippen molar-refractivity contribution >= 4 is 26.6 Å². The van der Waals surface area contributed by atoms with Gasteiger partial charge in [-0.2, -0.15) is 0 Å². The van der Waals surface area contributed by atoms with Crippen LogP contribution < -0.4 is 10.9 Å². The number of nitrogens with one attached hydrogen (secondary N) is 1. The van der Waals surface area contributed by atoms with Crippen LogP contribution in [0.1, 0.15) is 18.1 Å². The van der Waals surface area contributed by atoms with Crippen molar-refractivity contribution in [3.63, 3.8) is 0 Å². The van der Waals surface area contributed by atoms with E-state index < -0.39 is 21.3 Å². The van der Waals surface area contributed by atoms with E-state index in [0.29, 0.717) is 16.5 Å². The molecule has 8 heteroatoms. The molecule has 0 spiro atoms. The van der Waals surface area contributed by atoms with Gasteiger partial charge in [-0.3, -0.25) is 14.2 Å². The van der Waals surface area contributed by atoms with Crippen LogP contribution in [0.15, 0.2) is 93.4 Å². The minimum atomic E-state index is -4.10. The van der Waals surface area contributed by atoms with Crippen LogP contribution in [0.5, 0.6) is 0 Å². The van der Waals surface area contributed by atoms with Crippen LogP contribution in [0.3, 0.4) is 0 Å². The summed E-state index contributed by atoms with van der Waals surface area (Å²) >= 11 is 0. The first kappa shape index (κ1) is 23.4. The van der Waals surface area contributed by atoms with Gasteiger partial charge in [0.1, 0.15) is 17.3 Å². The van der Waals surface area contributed by atoms with E-state index in [-0.39, 0.29) is 28.7 Å². The summed E-state index contributed by atoms with van der Waals surface area (Å²) in [5.41, 5.74) is 1.37. The van der Waals surface area contributed by atoms with E-state index in [1.807, 2.05) is 19.1 Å². The predicted molar refractivity (Wildman–Crippen MR) is 128 cm³/mol. The quantitative estimate of drug-likeness (QED) is 0.437. The Morgan fingerprint density at radius 3 is 2.29 bits per heavy atom. The number of fused-ring (bicyclic) bond motifs is 1. The highest BCUT2D eigenvalue weighted by molar-refractivity contribution is 7.91. The molecule has 0 fully saturated rings. The van der Waals surface area contributed by atoms with Gasteiger partial charge in [-0.15, -0.1) is 0 Å². The lowest BCUT2D eigenvalue weighted by Gasteiger charge is -2.14. The fraction of sp³-hybridized carbons (Fsp3) is 0.154. The number of hydrogen-bond acceptors (Lipinski definition) is 4. The van der Waals surface area contributed by atoms with Crippen molar-refractivity contribution in [2.75, 3.05) is 0 Å². The summed E-state index contributed by atoms with van der Waals surface area (Å²) in [7, 11) is -4.10. The average molecular weight is 479 g/mol. The smallest absolute Gasteiger partial charge is 0.270 e. The molecule has 4 rings (SSSR count). The van der Waals surface area contributed by atoms with Gasteiger partial charge in [0.05, 0.1) is 10.4 Å². The molecule has 4 aromatic rings. The summed E-state index contributed by atoms with van der Waals surface area (Å²) in [6.45, 7) is 1.76. The van der Waals surface area contributed by atoms with Crippen LogP contribution in [0.4, 0.5) is 4.39 Å². The van der Waals surface area contributed by atoms with Crippen molar-refractivity contribution < 1.29 is 17.6 Å². The minimum absolute atomic E-state index is 0.00501. The number of rotatable bonds is 7. The monoisotopic (exact) mass is 478 g/mol. The third-order valence-corrected chi connectivity index (χ3v) is 7.35. The van der Waals surface area contributed by atoms with Crippen molar-refractivity contribution in [1.29, 1.82) is 0 Å². The first-order valence-electron chi connectivity index (χ1n) is 10.8. The summed E-state index contributed by atoms with van der Waals surface area (Å²) in [5, 5.41) is 3.26. The number of pyridine rings is 1. The fourth-order valence-corrected chi connectivity index (χ4v) is 5.10. The Hall–Kier alpha value is -3.78. The number of benzene rings is 3. The molecule has 0 atom stereocenters. The molecule has 34 heavy (non-hydrogen) atoms.